The third-order valence-electron chi connectivity index (χ3n) is 2.14. The van der Waals surface area contributed by atoms with Gasteiger partial charge < -0.3 is 20.5 Å². The van der Waals surface area contributed by atoms with Gasteiger partial charge in [-0.05, 0) is 12.1 Å². The van der Waals surface area contributed by atoms with E-state index in [1.807, 2.05) is 0 Å². The molecule has 0 aliphatic carbocycles. The Labute approximate surface area is 111 Å². The molecule has 110 valence electrons. The number of rotatable bonds is 4. The predicted molar refractivity (Wildman–Crippen MR) is 63.0 cm³/mol. The quantitative estimate of drug-likeness (QED) is 0.792. The van der Waals surface area contributed by atoms with Crippen LogP contribution in [0.4, 0.5) is 23.7 Å². The van der Waals surface area contributed by atoms with Crippen LogP contribution >= 0.6 is 0 Å². The third-order valence-corrected chi connectivity index (χ3v) is 2.14. The van der Waals surface area contributed by atoms with Gasteiger partial charge in [0.25, 0.3) is 0 Å². The van der Waals surface area contributed by atoms with Crippen LogP contribution in [0, 0.1) is 0 Å². The van der Waals surface area contributed by atoms with Crippen molar-refractivity contribution in [2.75, 3.05) is 19.0 Å². The lowest BCUT2D eigenvalue weighted by molar-refractivity contribution is -0.122. The summed E-state index contributed by atoms with van der Waals surface area (Å²) in [6, 6.07) is 2.53. The number of anilines is 1. The van der Waals surface area contributed by atoms with Gasteiger partial charge in [0.1, 0.15) is 17.9 Å². The van der Waals surface area contributed by atoms with Gasteiger partial charge in [0.2, 0.25) is 0 Å². The zero-order valence-corrected chi connectivity index (χ0v) is 10.2. The van der Waals surface area contributed by atoms with Crippen molar-refractivity contribution in [1.29, 1.82) is 0 Å². The van der Waals surface area contributed by atoms with Crippen molar-refractivity contribution in [2.45, 2.75) is 6.18 Å². The number of carbonyl (C=O) groups excluding carboxylic acids is 1. The van der Waals surface area contributed by atoms with Crippen LogP contribution in [-0.2, 0) is 0 Å². The van der Waals surface area contributed by atoms with Crippen molar-refractivity contribution in [3.8, 4) is 5.75 Å². The Morgan fingerprint density at radius 3 is 2.50 bits per heavy atom. The fourth-order valence-corrected chi connectivity index (χ4v) is 1.30. The van der Waals surface area contributed by atoms with Gasteiger partial charge >= 0.3 is 18.2 Å². The number of benzene rings is 1. The molecule has 20 heavy (non-hydrogen) atoms. The van der Waals surface area contributed by atoms with Gasteiger partial charge in [-0.3, -0.25) is 0 Å². The first kappa shape index (κ1) is 15.6. The summed E-state index contributed by atoms with van der Waals surface area (Å²) in [5.74, 6) is -1.25. The molecule has 0 fully saturated rings. The van der Waals surface area contributed by atoms with Crippen LogP contribution in [0.15, 0.2) is 18.2 Å². The van der Waals surface area contributed by atoms with E-state index < -0.39 is 24.7 Å². The molecule has 1 aromatic carbocycles. The number of carboxylic acid groups (broad SMARTS) is 1. The zero-order chi connectivity index (χ0) is 15.3. The van der Waals surface area contributed by atoms with E-state index in [2.05, 4.69) is 5.32 Å². The molecule has 9 heteroatoms. The molecule has 2 amide bonds. The lowest BCUT2D eigenvalue weighted by Crippen LogP contribution is -2.36. The number of hydrogen-bond acceptors (Lipinski definition) is 3. The highest BCUT2D eigenvalue weighted by atomic mass is 19.4. The van der Waals surface area contributed by atoms with Gasteiger partial charge in [-0.15, -0.1) is 0 Å². The molecule has 0 aliphatic rings. The van der Waals surface area contributed by atoms with Crippen LogP contribution in [0.3, 0.4) is 0 Å². The summed E-state index contributed by atoms with van der Waals surface area (Å²) >= 11 is 0. The molecule has 1 rings (SSSR count). The van der Waals surface area contributed by atoms with Crippen molar-refractivity contribution in [3.63, 3.8) is 0 Å². The number of alkyl halides is 3. The largest absolute Gasteiger partial charge is 0.496 e. The van der Waals surface area contributed by atoms with Crippen molar-refractivity contribution >= 4 is 17.7 Å². The van der Waals surface area contributed by atoms with E-state index in [0.29, 0.717) is 0 Å². The maximum absolute atomic E-state index is 11.9. The smallest absolute Gasteiger partial charge is 0.405 e. The van der Waals surface area contributed by atoms with E-state index in [9.17, 15) is 22.8 Å². The zero-order valence-electron chi connectivity index (χ0n) is 10.2. The van der Waals surface area contributed by atoms with Crippen LogP contribution in [0.5, 0.6) is 5.75 Å². The molecule has 1 aromatic rings. The number of hydrogen-bond donors (Lipinski definition) is 3. The average molecular weight is 292 g/mol. The van der Waals surface area contributed by atoms with E-state index in [1.165, 1.54) is 25.3 Å². The Bertz CT molecular complexity index is 517. The Morgan fingerprint density at radius 1 is 1.35 bits per heavy atom. The minimum atomic E-state index is -4.51. The number of ether oxygens (including phenoxy) is 1. The summed E-state index contributed by atoms with van der Waals surface area (Å²) in [5.41, 5.74) is -0.0275. The standard InChI is InChI=1S/C11H11F3N2O4/c1-20-8-4-6(2-3-7(8)9(17)18)16-10(19)15-5-11(12,13)14/h2-4H,5H2,1H3,(H,17,18)(H2,15,16,19). The first-order valence-electron chi connectivity index (χ1n) is 5.26. The van der Waals surface area contributed by atoms with Crippen LogP contribution in [0.1, 0.15) is 10.4 Å². The molecular weight excluding hydrogens is 281 g/mol. The number of urea groups is 1. The molecule has 0 bridgehead atoms. The average Bonchev–Trinajstić information content (AvgIpc) is 2.35. The summed E-state index contributed by atoms with van der Waals surface area (Å²) in [6.45, 7) is -1.47. The lowest BCUT2D eigenvalue weighted by atomic mass is 10.2. The molecule has 0 saturated carbocycles. The van der Waals surface area contributed by atoms with Gasteiger partial charge in [0, 0.05) is 11.8 Å². The predicted octanol–water partition coefficient (Wildman–Crippen LogP) is 2.08. The highest BCUT2D eigenvalue weighted by Gasteiger charge is 2.27. The third kappa shape index (κ3) is 4.67. The van der Waals surface area contributed by atoms with Gasteiger partial charge in [0.15, 0.2) is 0 Å². The van der Waals surface area contributed by atoms with Gasteiger partial charge in [-0.25, -0.2) is 9.59 Å². The summed E-state index contributed by atoms with van der Waals surface area (Å²) in [5, 5.41) is 12.6. The number of carboxylic acids is 1. The Balaban J connectivity index is 2.74. The van der Waals surface area contributed by atoms with E-state index in [1.54, 1.807) is 5.32 Å². The topological polar surface area (TPSA) is 87.7 Å². The number of halogens is 3. The summed E-state index contributed by atoms with van der Waals surface area (Å²) in [6.07, 6.45) is -4.51. The SMILES string of the molecule is COc1cc(NC(=O)NCC(F)(F)F)ccc1C(=O)O. The molecule has 0 aliphatic heterocycles. The Kier molecular flexibility index (Phi) is 4.78. The van der Waals surface area contributed by atoms with Gasteiger partial charge in [-0.2, -0.15) is 13.2 Å². The van der Waals surface area contributed by atoms with Crippen molar-refractivity contribution in [1.82, 2.24) is 5.32 Å². The summed E-state index contributed by atoms with van der Waals surface area (Å²) < 4.78 is 40.5. The Hall–Kier alpha value is -2.45. The fourth-order valence-electron chi connectivity index (χ4n) is 1.30. The highest BCUT2D eigenvalue weighted by Crippen LogP contribution is 2.23. The minimum absolute atomic E-state index is 0.0221. The van der Waals surface area contributed by atoms with Crippen molar-refractivity contribution in [3.05, 3.63) is 23.8 Å². The first-order valence-corrected chi connectivity index (χ1v) is 5.26. The maximum atomic E-state index is 11.9. The summed E-state index contributed by atoms with van der Waals surface area (Å²) in [7, 11) is 1.23. The van der Waals surface area contributed by atoms with E-state index in [-0.39, 0.29) is 17.0 Å². The molecule has 6 nitrogen and oxygen atoms in total. The highest BCUT2D eigenvalue weighted by molar-refractivity contribution is 5.94. The van der Waals surface area contributed by atoms with E-state index in [0.717, 1.165) is 0 Å². The molecule has 0 aromatic heterocycles. The van der Waals surface area contributed by atoms with E-state index in [4.69, 9.17) is 9.84 Å². The Morgan fingerprint density at radius 2 is 2.00 bits per heavy atom. The first-order chi connectivity index (χ1) is 9.23. The lowest BCUT2D eigenvalue weighted by Gasteiger charge is -2.11. The van der Waals surface area contributed by atoms with Crippen LogP contribution in [0.2, 0.25) is 0 Å². The molecule has 0 heterocycles. The molecule has 0 saturated heterocycles. The van der Waals surface area contributed by atoms with Gasteiger partial charge in [-0.1, -0.05) is 0 Å². The number of amides is 2. The number of nitrogens with one attached hydrogen (secondary N) is 2. The van der Waals surface area contributed by atoms with Gasteiger partial charge in [0.05, 0.1) is 7.11 Å². The van der Waals surface area contributed by atoms with Crippen molar-refractivity contribution < 1.29 is 32.6 Å². The normalized spacial score (nSPS) is 10.8. The molecule has 0 unspecified atom stereocenters. The number of carbonyl (C=O) groups is 2. The molecule has 3 N–H and O–H groups in total. The maximum Gasteiger partial charge on any atom is 0.405 e. The monoisotopic (exact) mass is 292 g/mol. The number of aromatic carboxylic acids is 1. The summed E-state index contributed by atoms with van der Waals surface area (Å²) in [4.78, 5) is 22.0. The molecular formula is C11H11F3N2O4. The van der Waals surface area contributed by atoms with Crippen LogP contribution in [0.25, 0.3) is 0 Å². The van der Waals surface area contributed by atoms with Crippen molar-refractivity contribution in [2.24, 2.45) is 0 Å². The van der Waals surface area contributed by atoms with Crippen LogP contribution in [-0.4, -0.2) is 36.9 Å². The molecule has 0 radical (unpaired) electrons. The van der Waals surface area contributed by atoms with E-state index >= 15 is 0 Å². The second-order valence-corrected chi connectivity index (χ2v) is 3.64. The van der Waals surface area contributed by atoms with Crippen LogP contribution < -0.4 is 15.4 Å². The second kappa shape index (κ2) is 6.13. The number of methoxy groups -OCH3 is 1. The minimum Gasteiger partial charge on any atom is -0.496 e. The second-order valence-electron chi connectivity index (χ2n) is 3.64. The fraction of sp³-hybridized carbons (Fsp3) is 0.273. The molecule has 0 spiro atoms. The molecule has 0 atom stereocenters.